The zero-order valence-corrected chi connectivity index (χ0v) is 19.7. The summed E-state index contributed by atoms with van der Waals surface area (Å²) in [6.07, 6.45) is 1.58. The van der Waals surface area contributed by atoms with Gasteiger partial charge in [-0.25, -0.2) is 14.8 Å². The van der Waals surface area contributed by atoms with Crippen molar-refractivity contribution < 1.29 is 13.9 Å². The number of nitrogens with one attached hydrogen (secondary N) is 1. The second kappa shape index (κ2) is 10.9. The standard InChI is InChI=1S/C24H24FN5O2S/c1-15-9-19(13-32-4)22(11-26)24(28-15)33-14-23(31)29-27-12-18-10-16(2)30(17(18)3)21-7-5-20(25)6-8-21/h5-10,12H,13-14H2,1-4H3,(H,29,31). The Morgan fingerprint density at radius 2 is 2.03 bits per heavy atom. The van der Waals surface area contributed by atoms with Gasteiger partial charge in [0.25, 0.3) is 0 Å². The van der Waals surface area contributed by atoms with Crippen LogP contribution < -0.4 is 5.43 Å². The molecule has 0 spiro atoms. The number of thioether (sulfide) groups is 1. The number of ether oxygens (including phenoxy) is 1. The molecular weight excluding hydrogens is 441 g/mol. The maximum Gasteiger partial charge on any atom is 0.250 e. The second-order valence-corrected chi connectivity index (χ2v) is 8.33. The summed E-state index contributed by atoms with van der Waals surface area (Å²) >= 11 is 1.18. The van der Waals surface area contributed by atoms with E-state index in [9.17, 15) is 14.4 Å². The third-order valence-electron chi connectivity index (χ3n) is 4.90. The summed E-state index contributed by atoms with van der Waals surface area (Å²) in [5, 5.41) is 14.1. The highest BCUT2D eigenvalue weighted by molar-refractivity contribution is 8.00. The van der Waals surface area contributed by atoms with Crippen molar-refractivity contribution in [2.45, 2.75) is 32.4 Å². The molecular formula is C24H24FN5O2S. The number of amides is 1. The van der Waals surface area contributed by atoms with Crippen LogP contribution in [-0.2, 0) is 16.1 Å². The molecule has 2 aromatic heterocycles. The molecule has 9 heteroatoms. The predicted octanol–water partition coefficient (Wildman–Crippen LogP) is 4.20. The second-order valence-electron chi connectivity index (χ2n) is 7.37. The highest BCUT2D eigenvalue weighted by Gasteiger charge is 2.14. The molecule has 0 aliphatic rings. The minimum absolute atomic E-state index is 0.0590. The van der Waals surface area contributed by atoms with Gasteiger partial charge in [0.15, 0.2) is 0 Å². The van der Waals surface area contributed by atoms with Gasteiger partial charge >= 0.3 is 0 Å². The zero-order chi connectivity index (χ0) is 24.0. The van der Waals surface area contributed by atoms with Gasteiger partial charge in [0.2, 0.25) is 5.91 Å². The molecule has 0 aliphatic carbocycles. The Bertz CT molecular complexity index is 1230. The van der Waals surface area contributed by atoms with Crippen LogP contribution in [0.15, 0.2) is 46.5 Å². The fourth-order valence-corrected chi connectivity index (χ4v) is 4.31. The maximum absolute atomic E-state index is 13.2. The topological polar surface area (TPSA) is 92.3 Å². The number of benzene rings is 1. The van der Waals surface area contributed by atoms with Gasteiger partial charge in [0, 0.05) is 35.4 Å². The number of pyridine rings is 1. The fourth-order valence-electron chi connectivity index (χ4n) is 3.45. The van der Waals surface area contributed by atoms with E-state index < -0.39 is 0 Å². The Labute approximate surface area is 196 Å². The molecule has 7 nitrogen and oxygen atoms in total. The van der Waals surface area contributed by atoms with Crippen molar-refractivity contribution in [2.75, 3.05) is 12.9 Å². The Kier molecular flexibility index (Phi) is 7.98. The predicted molar refractivity (Wildman–Crippen MR) is 126 cm³/mol. The number of nitrogens with zero attached hydrogens (tertiary/aromatic N) is 4. The normalized spacial score (nSPS) is 11.0. The Morgan fingerprint density at radius 3 is 2.70 bits per heavy atom. The van der Waals surface area contributed by atoms with E-state index in [1.54, 1.807) is 31.5 Å². The van der Waals surface area contributed by atoms with Gasteiger partial charge in [-0.3, -0.25) is 4.79 Å². The lowest BCUT2D eigenvalue weighted by Crippen LogP contribution is -2.20. The van der Waals surface area contributed by atoms with Crippen molar-refractivity contribution in [1.29, 1.82) is 5.26 Å². The third-order valence-corrected chi connectivity index (χ3v) is 5.87. The molecule has 1 aromatic carbocycles. The molecule has 1 amide bonds. The minimum Gasteiger partial charge on any atom is -0.380 e. The largest absolute Gasteiger partial charge is 0.380 e. The lowest BCUT2D eigenvalue weighted by Gasteiger charge is -2.09. The zero-order valence-electron chi connectivity index (χ0n) is 18.8. The van der Waals surface area contributed by atoms with Gasteiger partial charge in [-0.1, -0.05) is 11.8 Å². The van der Waals surface area contributed by atoms with Gasteiger partial charge in [0.05, 0.1) is 24.1 Å². The molecule has 33 heavy (non-hydrogen) atoms. The summed E-state index contributed by atoms with van der Waals surface area (Å²) in [5.74, 6) is -0.547. The number of halogens is 1. The number of carbonyl (C=O) groups is 1. The molecule has 0 unspecified atom stereocenters. The fraction of sp³-hybridized carbons (Fsp3) is 0.250. The van der Waals surface area contributed by atoms with E-state index in [4.69, 9.17) is 4.74 Å². The first-order chi connectivity index (χ1) is 15.8. The summed E-state index contributed by atoms with van der Waals surface area (Å²) in [5.41, 5.74) is 7.97. The SMILES string of the molecule is COCc1cc(C)nc(SCC(=O)NN=Cc2cc(C)n(-c3ccc(F)cc3)c2C)c1C#N. The van der Waals surface area contributed by atoms with Gasteiger partial charge in [-0.05, 0) is 62.7 Å². The summed E-state index contributed by atoms with van der Waals surface area (Å²) < 4.78 is 20.4. The third kappa shape index (κ3) is 5.86. The van der Waals surface area contributed by atoms with Gasteiger partial charge < -0.3 is 9.30 Å². The Balaban J connectivity index is 1.65. The van der Waals surface area contributed by atoms with Crippen LogP contribution in [0.25, 0.3) is 5.69 Å². The number of nitriles is 1. The van der Waals surface area contributed by atoms with Crippen LogP contribution in [0.3, 0.4) is 0 Å². The van der Waals surface area contributed by atoms with Crippen LogP contribution in [0.1, 0.15) is 33.8 Å². The number of hydrogen-bond acceptors (Lipinski definition) is 6. The number of carbonyl (C=O) groups excluding carboxylic acids is 1. The Morgan fingerprint density at radius 1 is 1.30 bits per heavy atom. The Hall–Kier alpha value is -3.48. The van der Waals surface area contributed by atoms with Crippen molar-refractivity contribution in [3.63, 3.8) is 0 Å². The number of aryl methyl sites for hydroxylation is 2. The molecule has 0 bridgehead atoms. The van der Waals surface area contributed by atoms with Gasteiger partial charge in [-0.15, -0.1) is 0 Å². The van der Waals surface area contributed by atoms with Gasteiger partial charge in [-0.2, -0.15) is 10.4 Å². The molecule has 0 aliphatic heterocycles. The number of rotatable bonds is 8. The molecule has 2 heterocycles. The van der Waals surface area contributed by atoms with E-state index in [0.717, 1.165) is 33.9 Å². The molecule has 0 saturated heterocycles. The number of methoxy groups -OCH3 is 1. The summed E-state index contributed by atoms with van der Waals surface area (Å²) in [6, 6.07) is 12.1. The molecule has 3 rings (SSSR count). The minimum atomic E-state index is -0.316. The lowest BCUT2D eigenvalue weighted by molar-refractivity contribution is -0.118. The molecule has 0 fully saturated rings. The van der Waals surface area contributed by atoms with Crippen molar-refractivity contribution in [3.05, 3.63) is 76.0 Å². The maximum atomic E-state index is 13.2. The van der Waals surface area contributed by atoms with E-state index in [2.05, 4.69) is 21.6 Å². The summed E-state index contributed by atoms with van der Waals surface area (Å²) in [6.45, 7) is 6.01. The van der Waals surface area contributed by atoms with E-state index in [1.807, 2.05) is 31.4 Å². The van der Waals surface area contributed by atoms with E-state index >= 15 is 0 Å². The first-order valence-corrected chi connectivity index (χ1v) is 11.1. The summed E-state index contributed by atoms with van der Waals surface area (Å²) in [7, 11) is 1.56. The van der Waals surface area contributed by atoms with E-state index in [1.165, 1.54) is 23.9 Å². The molecule has 0 saturated carbocycles. The number of hydrogen-bond donors (Lipinski definition) is 1. The first-order valence-electron chi connectivity index (χ1n) is 10.1. The number of aromatic nitrogens is 2. The van der Waals surface area contributed by atoms with Crippen LogP contribution in [0.4, 0.5) is 4.39 Å². The molecule has 170 valence electrons. The first kappa shape index (κ1) is 24.2. The molecule has 0 radical (unpaired) electrons. The van der Waals surface area contributed by atoms with Crippen molar-refractivity contribution in [2.24, 2.45) is 5.10 Å². The lowest BCUT2D eigenvalue weighted by atomic mass is 10.1. The molecule has 0 atom stereocenters. The van der Waals surface area contributed by atoms with Crippen molar-refractivity contribution in [3.8, 4) is 11.8 Å². The van der Waals surface area contributed by atoms with E-state index in [-0.39, 0.29) is 17.5 Å². The average Bonchev–Trinajstić information content (AvgIpc) is 3.06. The quantitative estimate of drug-likeness (QED) is 0.306. The van der Waals surface area contributed by atoms with Gasteiger partial charge in [0.1, 0.15) is 16.9 Å². The van der Waals surface area contributed by atoms with Crippen molar-refractivity contribution >= 4 is 23.9 Å². The summed E-state index contributed by atoms with van der Waals surface area (Å²) in [4.78, 5) is 16.7. The van der Waals surface area contributed by atoms with E-state index in [0.29, 0.717) is 17.2 Å². The van der Waals surface area contributed by atoms with Crippen LogP contribution >= 0.6 is 11.8 Å². The number of hydrazone groups is 1. The molecule has 1 N–H and O–H groups in total. The highest BCUT2D eigenvalue weighted by Crippen LogP contribution is 2.24. The van der Waals surface area contributed by atoms with Crippen LogP contribution in [0.2, 0.25) is 0 Å². The smallest absolute Gasteiger partial charge is 0.250 e. The van der Waals surface area contributed by atoms with Crippen LogP contribution in [0.5, 0.6) is 0 Å². The van der Waals surface area contributed by atoms with Crippen LogP contribution in [-0.4, -0.2) is 34.5 Å². The average molecular weight is 466 g/mol. The molecule has 3 aromatic rings. The van der Waals surface area contributed by atoms with Crippen LogP contribution in [0, 0.1) is 37.9 Å². The highest BCUT2D eigenvalue weighted by atomic mass is 32.2. The van der Waals surface area contributed by atoms with Crippen molar-refractivity contribution in [1.82, 2.24) is 15.0 Å². The monoisotopic (exact) mass is 465 g/mol.